The Bertz CT molecular complexity index is 1260. The largest absolute Gasteiger partial charge is 0.461 e. The van der Waals surface area contributed by atoms with Crippen LogP contribution in [0.5, 0.6) is 23.0 Å². The second-order valence-corrected chi connectivity index (χ2v) is 8.56. The first kappa shape index (κ1) is 21.9. The fourth-order valence-corrected chi connectivity index (χ4v) is 4.78. The van der Waals surface area contributed by atoms with E-state index in [1.165, 1.54) is 0 Å². The minimum atomic E-state index is -0.615. The van der Waals surface area contributed by atoms with Crippen LogP contribution >= 0.6 is 0 Å². The van der Waals surface area contributed by atoms with E-state index >= 15 is 0 Å². The number of carbonyl (C=O) groups is 2. The molecule has 4 aromatic carbocycles. The van der Waals surface area contributed by atoms with Gasteiger partial charge in [0.15, 0.2) is 0 Å². The molecule has 2 heterocycles. The van der Waals surface area contributed by atoms with Gasteiger partial charge in [0, 0.05) is 22.3 Å². The number of rotatable bonds is 5. The number of esters is 2. The van der Waals surface area contributed by atoms with Crippen LogP contribution in [0.1, 0.15) is 34.1 Å². The molecule has 0 unspecified atom stereocenters. The summed E-state index contributed by atoms with van der Waals surface area (Å²) in [4.78, 5) is 26.3. The zero-order valence-corrected chi connectivity index (χ0v) is 19.3. The molecule has 0 saturated carbocycles. The highest BCUT2D eigenvalue weighted by Crippen LogP contribution is 2.45. The van der Waals surface area contributed by atoms with E-state index in [0.29, 0.717) is 23.0 Å². The number of para-hydroxylation sites is 4. The van der Waals surface area contributed by atoms with Gasteiger partial charge >= 0.3 is 11.9 Å². The monoisotopic (exact) mass is 478 g/mol. The highest BCUT2D eigenvalue weighted by molar-refractivity contribution is 5.86. The maximum atomic E-state index is 13.2. The van der Waals surface area contributed by atoms with Crippen LogP contribution in [0.25, 0.3) is 0 Å². The molecule has 4 aromatic rings. The number of carbonyl (C=O) groups excluding carboxylic acids is 2. The third-order valence-corrected chi connectivity index (χ3v) is 6.40. The predicted molar refractivity (Wildman–Crippen MR) is 132 cm³/mol. The first-order chi connectivity index (χ1) is 17.7. The summed E-state index contributed by atoms with van der Waals surface area (Å²) in [6.45, 7) is -0.114. The minimum absolute atomic E-state index is 0.0568. The van der Waals surface area contributed by atoms with Crippen LogP contribution in [0.3, 0.4) is 0 Å². The van der Waals surface area contributed by atoms with Gasteiger partial charge in [0.05, 0.1) is 0 Å². The third-order valence-electron chi connectivity index (χ3n) is 6.40. The zero-order valence-electron chi connectivity index (χ0n) is 19.3. The molecule has 36 heavy (non-hydrogen) atoms. The molecule has 0 saturated heterocycles. The van der Waals surface area contributed by atoms with Crippen LogP contribution in [0.2, 0.25) is 0 Å². The Morgan fingerprint density at radius 2 is 0.778 bits per heavy atom. The molecule has 0 aromatic heterocycles. The van der Waals surface area contributed by atoms with E-state index in [2.05, 4.69) is 0 Å². The molecule has 0 atom stereocenters. The van der Waals surface area contributed by atoms with Gasteiger partial charge in [-0.15, -0.1) is 0 Å². The van der Waals surface area contributed by atoms with Gasteiger partial charge in [-0.1, -0.05) is 72.8 Å². The Labute approximate surface area is 208 Å². The summed E-state index contributed by atoms with van der Waals surface area (Å²) < 4.78 is 23.1. The Kier molecular flexibility index (Phi) is 5.62. The van der Waals surface area contributed by atoms with E-state index in [1.54, 1.807) is 0 Å². The van der Waals surface area contributed by atoms with Crippen LogP contribution in [-0.2, 0) is 19.1 Å². The van der Waals surface area contributed by atoms with Crippen molar-refractivity contribution in [3.8, 4) is 23.0 Å². The second-order valence-electron chi connectivity index (χ2n) is 8.56. The molecule has 0 spiro atoms. The normalized spacial score (nSPS) is 13.7. The van der Waals surface area contributed by atoms with Crippen molar-refractivity contribution in [3.05, 3.63) is 119 Å². The molecule has 2 aliphatic rings. The lowest BCUT2D eigenvalue weighted by Gasteiger charge is -2.27. The van der Waals surface area contributed by atoms with Crippen LogP contribution in [0, 0.1) is 0 Å². The number of hydrogen-bond acceptors (Lipinski definition) is 6. The van der Waals surface area contributed by atoms with Crippen LogP contribution < -0.4 is 9.47 Å². The number of hydrogen-bond donors (Lipinski definition) is 0. The molecule has 0 amide bonds. The topological polar surface area (TPSA) is 71.1 Å². The van der Waals surface area contributed by atoms with Crippen molar-refractivity contribution in [3.63, 3.8) is 0 Å². The van der Waals surface area contributed by atoms with Gasteiger partial charge in [-0.3, -0.25) is 9.59 Å². The summed E-state index contributed by atoms with van der Waals surface area (Å²) in [5, 5.41) is 0. The van der Waals surface area contributed by atoms with Gasteiger partial charge in [0.2, 0.25) is 0 Å². The van der Waals surface area contributed by atoms with Gasteiger partial charge < -0.3 is 18.9 Å². The van der Waals surface area contributed by atoms with E-state index in [0.717, 1.165) is 22.3 Å². The van der Waals surface area contributed by atoms with Crippen molar-refractivity contribution in [2.24, 2.45) is 0 Å². The first-order valence-electron chi connectivity index (χ1n) is 11.8. The fourth-order valence-electron chi connectivity index (χ4n) is 4.78. The molecule has 2 aliphatic heterocycles. The first-order valence-corrected chi connectivity index (χ1v) is 11.8. The molecule has 0 fully saturated rings. The number of ether oxygens (including phenoxy) is 4. The van der Waals surface area contributed by atoms with E-state index in [-0.39, 0.29) is 13.2 Å². The Hall–Kier alpha value is -4.58. The summed E-state index contributed by atoms with van der Waals surface area (Å²) in [6, 6.07) is 29.7. The summed E-state index contributed by atoms with van der Waals surface area (Å²) >= 11 is 0. The maximum absolute atomic E-state index is 13.2. The molecule has 6 rings (SSSR count). The summed E-state index contributed by atoms with van der Waals surface area (Å²) in [6.07, 6.45) is 0. The average Bonchev–Trinajstić information content (AvgIpc) is 2.92. The third kappa shape index (κ3) is 3.86. The molecule has 178 valence electrons. The summed E-state index contributed by atoms with van der Waals surface area (Å²) in [7, 11) is 0. The highest BCUT2D eigenvalue weighted by Gasteiger charge is 2.35. The van der Waals surface area contributed by atoms with Crippen LogP contribution in [0.4, 0.5) is 0 Å². The molecular weight excluding hydrogens is 456 g/mol. The SMILES string of the molecule is O=C(OCCOC(=O)C1c2ccccc2Oc2ccccc21)C1c2ccccc2Oc2ccccc21. The number of fused-ring (bicyclic) bond motifs is 4. The van der Waals surface area contributed by atoms with Gasteiger partial charge in [-0.2, -0.15) is 0 Å². The van der Waals surface area contributed by atoms with Crippen LogP contribution in [-0.4, -0.2) is 25.2 Å². The van der Waals surface area contributed by atoms with Crippen molar-refractivity contribution in [2.75, 3.05) is 13.2 Å². The molecule has 0 bridgehead atoms. The standard InChI is InChI=1S/C30H22O6/c31-29(27-19-9-1-5-13-23(19)35-24-14-6-2-10-20(24)27)33-17-18-34-30(32)28-21-11-3-7-15-25(21)36-26-16-8-4-12-22(26)28/h1-16,27-28H,17-18H2. The Morgan fingerprint density at radius 1 is 0.500 bits per heavy atom. The van der Waals surface area contributed by atoms with Gasteiger partial charge in [0.1, 0.15) is 48.0 Å². The fraction of sp³-hybridized carbons (Fsp3) is 0.133. The van der Waals surface area contributed by atoms with Crippen molar-refractivity contribution in [1.29, 1.82) is 0 Å². The summed E-state index contributed by atoms with van der Waals surface area (Å²) in [5.41, 5.74) is 2.98. The lowest BCUT2D eigenvalue weighted by Crippen LogP contribution is -2.25. The van der Waals surface area contributed by atoms with Crippen molar-refractivity contribution in [1.82, 2.24) is 0 Å². The molecule has 0 aliphatic carbocycles. The maximum Gasteiger partial charge on any atom is 0.318 e. The lowest BCUT2D eigenvalue weighted by molar-refractivity contribution is -0.153. The smallest absolute Gasteiger partial charge is 0.318 e. The molecule has 0 radical (unpaired) electrons. The van der Waals surface area contributed by atoms with E-state index in [4.69, 9.17) is 18.9 Å². The van der Waals surface area contributed by atoms with Crippen molar-refractivity contribution >= 4 is 11.9 Å². The average molecular weight is 479 g/mol. The Morgan fingerprint density at radius 3 is 1.08 bits per heavy atom. The van der Waals surface area contributed by atoms with Crippen molar-refractivity contribution in [2.45, 2.75) is 11.8 Å². The molecular formula is C30H22O6. The second kappa shape index (κ2) is 9.23. The number of benzene rings is 4. The van der Waals surface area contributed by atoms with Crippen LogP contribution in [0.15, 0.2) is 97.1 Å². The quantitative estimate of drug-likeness (QED) is 0.261. The minimum Gasteiger partial charge on any atom is -0.461 e. The van der Waals surface area contributed by atoms with Gasteiger partial charge in [0.25, 0.3) is 0 Å². The van der Waals surface area contributed by atoms with Crippen molar-refractivity contribution < 1.29 is 28.5 Å². The zero-order chi connectivity index (χ0) is 24.5. The molecule has 6 heteroatoms. The van der Waals surface area contributed by atoms with Gasteiger partial charge in [-0.25, -0.2) is 0 Å². The molecule has 0 N–H and O–H groups in total. The van der Waals surface area contributed by atoms with E-state index in [9.17, 15) is 9.59 Å². The summed E-state index contributed by atoms with van der Waals surface area (Å²) in [5.74, 6) is 0.435. The highest BCUT2D eigenvalue weighted by atomic mass is 16.6. The predicted octanol–water partition coefficient (Wildman–Crippen LogP) is 5.95. The van der Waals surface area contributed by atoms with Gasteiger partial charge in [-0.05, 0) is 24.3 Å². The van der Waals surface area contributed by atoms with E-state index < -0.39 is 23.8 Å². The Balaban J connectivity index is 1.15. The molecule has 6 nitrogen and oxygen atoms in total. The van der Waals surface area contributed by atoms with E-state index in [1.807, 2.05) is 97.1 Å². The lowest BCUT2D eigenvalue weighted by atomic mass is 9.88.